The van der Waals surface area contributed by atoms with Crippen LogP contribution >= 0.6 is 0 Å². The number of amides is 2. The molecule has 1 aliphatic rings. The minimum Gasteiger partial charge on any atom is -0.482 e. The second-order valence-corrected chi connectivity index (χ2v) is 4.74. The lowest BCUT2D eigenvalue weighted by atomic mass is 9.98. The number of aliphatic carboxylic acids is 1. The highest BCUT2D eigenvalue weighted by atomic mass is 16.5. The van der Waals surface area contributed by atoms with Crippen molar-refractivity contribution in [1.82, 2.24) is 5.32 Å². The summed E-state index contributed by atoms with van der Waals surface area (Å²) in [6, 6.07) is 6.44. The van der Waals surface area contributed by atoms with Gasteiger partial charge >= 0.3 is 5.97 Å². The molecule has 1 aliphatic heterocycles. The summed E-state index contributed by atoms with van der Waals surface area (Å²) < 4.78 is 5.00. The van der Waals surface area contributed by atoms with E-state index in [0.29, 0.717) is 30.8 Å². The molecule has 0 radical (unpaired) electrons. The van der Waals surface area contributed by atoms with Crippen molar-refractivity contribution < 1.29 is 24.2 Å². The molecule has 7 heteroatoms. The Kier molecular flexibility index (Phi) is 4.76. The SMILES string of the molecule is O=C(O)COc1ccc(NC(=O)C2CCC(=O)NC2)cc1. The summed E-state index contributed by atoms with van der Waals surface area (Å²) >= 11 is 0. The Bertz CT molecular complexity index is 531. The molecule has 1 unspecified atom stereocenters. The van der Waals surface area contributed by atoms with Gasteiger partial charge in [-0.1, -0.05) is 0 Å². The van der Waals surface area contributed by atoms with Crippen LogP contribution in [0.5, 0.6) is 5.75 Å². The van der Waals surface area contributed by atoms with Gasteiger partial charge in [-0.3, -0.25) is 9.59 Å². The van der Waals surface area contributed by atoms with E-state index in [0.717, 1.165) is 0 Å². The van der Waals surface area contributed by atoms with Crippen LogP contribution in [0.25, 0.3) is 0 Å². The lowest BCUT2D eigenvalue weighted by Crippen LogP contribution is -2.40. The Hall–Kier alpha value is -2.57. The smallest absolute Gasteiger partial charge is 0.341 e. The number of rotatable bonds is 5. The summed E-state index contributed by atoms with van der Waals surface area (Å²) in [6.45, 7) is -0.0576. The molecular weight excluding hydrogens is 276 g/mol. The van der Waals surface area contributed by atoms with Crippen molar-refractivity contribution in [3.63, 3.8) is 0 Å². The number of carbonyl (C=O) groups excluding carboxylic acids is 2. The van der Waals surface area contributed by atoms with Gasteiger partial charge in [0.15, 0.2) is 6.61 Å². The number of hydrogen-bond donors (Lipinski definition) is 3. The first-order chi connectivity index (χ1) is 10.0. The van der Waals surface area contributed by atoms with Crippen LogP contribution in [-0.4, -0.2) is 36.0 Å². The molecule has 7 nitrogen and oxygen atoms in total. The van der Waals surface area contributed by atoms with Crippen molar-refractivity contribution in [2.75, 3.05) is 18.5 Å². The molecule has 1 fully saturated rings. The molecule has 0 aliphatic carbocycles. The Morgan fingerprint density at radius 2 is 2.05 bits per heavy atom. The molecule has 21 heavy (non-hydrogen) atoms. The van der Waals surface area contributed by atoms with Gasteiger partial charge in [0.25, 0.3) is 0 Å². The van der Waals surface area contributed by atoms with Gasteiger partial charge in [-0.15, -0.1) is 0 Å². The number of carbonyl (C=O) groups is 3. The summed E-state index contributed by atoms with van der Waals surface area (Å²) in [6.07, 6.45) is 0.900. The maximum absolute atomic E-state index is 12.0. The highest BCUT2D eigenvalue weighted by Crippen LogP contribution is 2.18. The van der Waals surface area contributed by atoms with Crippen molar-refractivity contribution in [2.24, 2.45) is 5.92 Å². The van der Waals surface area contributed by atoms with E-state index in [1.807, 2.05) is 0 Å². The molecule has 0 saturated carbocycles. The second-order valence-electron chi connectivity index (χ2n) is 4.74. The van der Waals surface area contributed by atoms with Crippen LogP contribution in [0.3, 0.4) is 0 Å². The van der Waals surface area contributed by atoms with Gasteiger partial charge in [-0.25, -0.2) is 4.79 Å². The first kappa shape index (κ1) is 14.8. The summed E-state index contributed by atoms with van der Waals surface area (Å²) in [7, 11) is 0. The molecule has 1 atom stereocenters. The predicted molar refractivity (Wildman–Crippen MR) is 73.9 cm³/mol. The molecule has 3 N–H and O–H groups in total. The summed E-state index contributed by atoms with van der Waals surface area (Å²) in [5, 5.41) is 13.9. The number of carboxylic acids is 1. The zero-order valence-electron chi connectivity index (χ0n) is 11.3. The van der Waals surface area contributed by atoms with E-state index < -0.39 is 12.6 Å². The van der Waals surface area contributed by atoms with Gasteiger partial charge in [-0.2, -0.15) is 0 Å². The Morgan fingerprint density at radius 1 is 1.33 bits per heavy atom. The highest BCUT2D eigenvalue weighted by Gasteiger charge is 2.24. The highest BCUT2D eigenvalue weighted by molar-refractivity contribution is 5.94. The van der Waals surface area contributed by atoms with Crippen LogP contribution in [0.1, 0.15) is 12.8 Å². The molecule has 2 amide bonds. The summed E-state index contributed by atoms with van der Waals surface area (Å²) in [5.74, 6) is -1.04. The fourth-order valence-corrected chi connectivity index (χ4v) is 1.98. The lowest BCUT2D eigenvalue weighted by Gasteiger charge is -2.21. The first-order valence-corrected chi connectivity index (χ1v) is 6.57. The van der Waals surface area contributed by atoms with Gasteiger partial charge in [0.1, 0.15) is 5.75 Å². The van der Waals surface area contributed by atoms with Crippen LogP contribution in [-0.2, 0) is 14.4 Å². The third-order valence-corrected chi connectivity index (χ3v) is 3.12. The molecule has 112 valence electrons. The number of piperidine rings is 1. The number of benzene rings is 1. The third-order valence-electron chi connectivity index (χ3n) is 3.12. The monoisotopic (exact) mass is 292 g/mol. The number of anilines is 1. The Balaban J connectivity index is 1.86. The first-order valence-electron chi connectivity index (χ1n) is 6.57. The maximum Gasteiger partial charge on any atom is 0.341 e. The van der Waals surface area contributed by atoms with Crippen LogP contribution < -0.4 is 15.4 Å². The Morgan fingerprint density at radius 3 is 2.62 bits per heavy atom. The topological polar surface area (TPSA) is 105 Å². The number of ether oxygens (including phenoxy) is 1. The van der Waals surface area contributed by atoms with Gasteiger partial charge in [-0.05, 0) is 30.7 Å². The second kappa shape index (κ2) is 6.74. The number of hydrogen-bond acceptors (Lipinski definition) is 4. The largest absolute Gasteiger partial charge is 0.482 e. The average molecular weight is 292 g/mol. The molecule has 1 aromatic carbocycles. The quantitative estimate of drug-likeness (QED) is 0.737. The van der Waals surface area contributed by atoms with Crippen molar-refractivity contribution >= 4 is 23.5 Å². The van der Waals surface area contributed by atoms with Gasteiger partial charge in [0.2, 0.25) is 11.8 Å². The van der Waals surface area contributed by atoms with E-state index in [2.05, 4.69) is 10.6 Å². The normalized spacial score (nSPS) is 17.7. The van der Waals surface area contributed by atoms with Gasteiger partial charge in [0, 0.05) is 18.7 Å². The van der Waals surface area contributed by atoms with E-state index in [1.54, 1.807) is 24.3 Å². The van der Waals surface area contributed by atoms with Crippen LogP contribution in [0.15, 0.2) is 24.3 Å². The van der Waals surface area contributed by atoms with E-state index in [-0.39, 0.29) is 17.7 Å². The average Bonchev–Trinajstić information content (AvgIpc) is 2.47. The van der Waals surface area contributed by atoms with Crippen LogP contribution in [0.2, 0.25) is 0 Å². The summed E-state index contributed by atoms with van der Waals surface area (Å²) in [5.41, 5.74) is 0.597. The lowest BCUT2D eigenvalue weighted by molar-refractivity contribution is -0.139. The fourth-order valence-electron chi connectivity index (χ4n) is 1.98. The number of nitrogens with one attached hydrogen (secondary N) is 2. The van der Waals surface area contributed by atoms with Gasteiger partial charge < -0.3 is 20.5 Å². The fraction of sp³-hybridized carbons (Fsp3) is 0.357. The Labute approximate surface area is 121 Å². The zero-order chi connectivity index (χ0) is 15.2. The molecule has 1 heterocycles. The van der Waals surface area contributed by atoms with Crippen molar-refractivity contribution in [3.05, 3.63) is 24.3 Å². The van der Waals surface area contributed by atoms with E-state index >= 15 is 0 Å². The number of carboxylic acid groups (broad SMARTS) is 1. The molecular formula is C14H16N2O5. The van der Waals surface area contributed by atoms with Crippen molar-refractivity contribution in [3.8, 4) is 5.75 Å². The van der Waals surface area contributed by atoms with Crippen molar-refractivity contribution in [1.29, 1.82) is 0 Å². The molecule has 0 aromatic heterocycles. The minimum atomic E-state index is -1.05. The van der Waals surface area contributed by atoms with Crippen LogP contribution in [0.4, 0.5) is 5.69 Å². The van der Waals surface area contributed by atoms with Gasteiger partial charge in [0.05, 0.1) is 5.92 Å². The standard InChI is InChI=1S/C14H16N2O5/c17-12-6-1-9(7-15-12)14(20)16-10-2-4-11(5-3-10)21-8-13(18)19/h2-5,9H,1,6-8H2,(H,15,17)(H,16,20)(H,18,19). The molecule has 1 saturated heterocycles. The maximum atomic E-state index is 12.0. The molecule has 0 bridgehead atoms. The third kappa shape index (κ3) is 4.48. The van der Waals surface area contributed by atoms with Crippen LogP contribution in [0, 0.1) is 5.92 Å². The predicted octanol–water partition coefficient (Wildman–Crippen LogP) is 0.615. The van der Waals surface area contributed by atoms with E-state index in [4.69, 9.17) is 9.84 Å². The molecule has 1 aromatic rings. The summed E-state index contributed by atoms with van der Waals surface area (Å²) in [4.78, 5) is 33.4. The zero-order valence-corrected chi connectivity index (χ0v) is 11.3. The van der Waals surface area contributed by atoms with E-state index in [1.165, 1.54) is 0 Å². The molecule has 2 rings (SSSR count). The molecule has 0 spiro atoms. The van der Waals surface area contributed by atoms with Crippen molar-refractivity contribution in [2.45, 2.75) is 12.8 Å². The van der Waals surface area contributed by atoms with E-state index in [9.17, 15) is 14.4 Å². The minimum absolute atomic E-state index is 0.0287.